The predicted octanol–water partition coefficient (Wildman–Crippen LogP) is 0.368. The van der Waals surface area contributed by atoms with Gasteiger partial charge in [0.15, 0.2) is 0 Å². The number of sulfone groups is 1. The van der Waals surface area contributed by atoms with Gasteiger partial charge in [-0.3, -0.25) is 10.1 Å². The minimum Gasteiger partial charge on any atom is -0.323 e. The van der Waals surface area contributed by atoms with Gasteiger partial charge in [0.1, 0.15) is 9.84 Å². The quantitative estimate of drug-likeness (QED) is 0.807. The standard InChI is InChI=1S/C12H22N2O3S/c1-9(2)7-11-13-8-12(15)14(11)10-3-5-18(16,17)6-4-10/h9-11,13H,3-8H2,1-2H3. The molecule has 6 heteroatoms. The molecule has 5 nitrogen and oxygen atoms in total. The fraction of sp³-hybridized carbons (Fsp3) is 0.917. The van der Waals surface area contributed by atoms with Crippen molar-refractivity contribution in [3.8, 4) is 0 Å². The van der Waals surface area contributed by atoms with E-state index in [1.807, 2.05) is 4.90 Å². The van der Waals surface area contributed by atoms with Gasteiger partial charge in [0.2, 0.25) is 5.91 Å². The van der Waals surface area contributed by atoms with Crippen molar-refractivity contribution in [3.05, 3.63) is 0 Å². The van der Waals surface area contributed by atoms with Gasteiger partial charge in [-0.15, -0.1) is 0 Å². The van der Waals surface area contributed by atoms with Crippen molar-refractivity contribution in [1.82, 2.24) is 10.2 Å². The van der Waals surface area contributed by atoms with Crippen LogP contribution in [0.3, 0.4) is 0 Å². The highest BCUT2D eigenvalue weighted by atomic mass is 32.2. The molecule has 104 valence electrons. The Morgan fingerprint density at radius 2 is 1.94 bits per heavy atom. The summed E-state index contributed by atoms with van der Waals surface area (Å²) >= 11 is 0. The first kappa shape index (κ1) is 13.8. The van der Waals surface area contributed by atoms with Gasteiger partial charge >= 0.3 is 0 Å². The van der Waals surface area contributed by atoms with Crippen LogP contribution in [0, 0.1) is 5.92 Å². The summed E-state index contributed by atoms with van der Waals surface area (Å²) in [5, 5.41) is 3.23. The van der Waals surface area contributed by atoms with E-state index in [1.54, 1.807) is 0 Å². The lowest BCUT2D eigenvalue weighted by molar-refractivity contribution is -0.130. The van der Waals surface area contributed by atoms with Crippen LogP contribution in [0.4, 0.5) is 0 Å². The number of carbonyl (C=O) groups is 1. The van der Waals surface area contributed by atoms with Crippen molar-refractivity contribution < 1.29 is 13.2 Å². The Hall–Kier alpha value is -0.620. The molecule has 0 aromatic rings. The van der Waals surface area contributed by atoms with Crippen LogP contribution >= 0.6 is 0 Å². The molecule has 2 aliphatic rings. The molecule has 0 aliphatic carbocycles. The lowest BCUT2D eigenvalue weighted by Gasteiger charge is -2.35. The van der Waals surface area contributed by atoms with Crippen molar-refractivity contribution in [1.29, 1.82) is 0 Å². The molecule has 1 atom stereocenters. The molecule has 2 aliphatic heterocycles. The van der Waals surface area contributed by atoms with Crippen LogP contribution in [0.25, 0.3) is 0 Å². The number of rotatable bonds is 3. The van der Waals surface area contributed by atoms with Crippen molar-refractivity contribution in [2.75, 3.05) is 18.1 Å². The highest BCUT2D eigenvalue weighted by molar-refractivity contribution is 7.91. The lowest BCUT2D eigenvalue weighted by atomic mass is 10.0. The number of nitrogens with one attached hydrogen (secondary N) is 1. The number of hydrogen-bond acceptors (Lipinski definition) is 4. The molecular formula is C12H22N2O3S. The van der Waals surface area contributed by atoms with E-state index in [4.69, 9.17) is 0 Å². The van der Waals surface area contributed by atoms with Gasteiger partial charge in [0.25, 0.3) is 0 Å². The van der Waals surface area contributed by atoms with Gasteiger partial charge in [-0.25, -0.2) is 8.42 Å². The third-order valence-corrected chi connectivity index (χ3v) is 5.44. The smallest absolute Gasteiger partial charge is 0.238 e. The van der Waals surface area contributed by atoms with Crippen LogP contribution in [-0.4, -0.2) is 49.5 Å². The van der Waals surface area contributed by atoms with E-state index < -0.39 is 9.84 Å². The second kappa shape index (κ2) is 5.17. The Morgan fingerprint density at radius 3 is 2.50 bits per heavy atom. The first-order valence-electron chi connectivity index (χ1n) is 6.64. The molecular weight excluding hydrogens is 252 g/mol. The summed E-state index contributed by atoms with van der Waals surface area (Å²) in [5.41, 5.74) is 0. The normalized spacial score (nSPS) is 29.2. The fourth-order valence-corrected chi connectivity index (χ4v) is 4.29. The maximum Gasteiger partial charge on any atom is 0.238 e. The maximum atomic E-state index is 11.9. The molecule has 18 heavy (non-hydrogen) atoms. The lowest BCUT2D eigenvalue weighted by Crippen LogP contribution is -2.48. The highest BCUT2D eigenvalue weighted by Gasteiger charge is 2.38. The van der Waals surface area contributed by atoms with Gasteiger partial charge in [-0.2, -0.15) is 0 Å². The summed E-state index contributed by atoms with van der Waals surface area (Å²) in [5.74, 6) is 1.07. The van der Waals surface area contributed by atoms with Crippen molar-refractivity contribution in [2.45, 2.75) is 45.3 Å². The maximum absolute atomic E-state index is 11.9. The minimum absolute atomic E-state index is 0.0864. The van der Waals surface area contributed by atoms with E-state index in [0.29, 0.717) is 25.3 Å². The molecule has 0 spiro atoms. The number of nitrogens with zero attached hydrogens (tertiary/aromatic N) is 1. The van der Waals surface area contributed by atoms with Gasteiger partial charge in [0, 0.05) is 6.04 Å². The molecule has 0 radical (unpaired) electrons. The average molecular weight is 274 g/mol. The summed E-state index contributed by atoms with van der Waals surface area (Å²) in [6.45, 7) is 4.66. The summed E-state index contributed by atoms with van der Waals surface area (Å²) in [6.07, 6.45) is 2.19. The molecule has 2 fully saturated rings. The van der Waals surface area contributed by atoms with Crippen LogP contribution in [0.2, 0.25) is 0 Å². The van der Waals surface area contributed by atoms with Crippen molar-refractivity contribution >= 4 is 15.7 Å². The second-order valence-corrected chi connectivity index (χ2v) is 8.01. The van der Waals surface area contributed by atoms with E-state index in [-0.39, 0.29) is 29.6 Å². The molecule has 2 rings (SSSR count). The van der Waals surface area contributed by atoms with E-state index in [2.05, 4.69) is 19.2 Å². The zero-order valence-electron chi connectivity index (χ0n) is 11.1. The Bertz CT molecular complexity index is 405. The number of carbonyl (C=O) groups excluding carboxylic acids is 1. The largest absolute Gasteiger partial charge is 0.323 e. The van der Waals surface area contributed by atoms with Gasteiger partial charge < -0.3 is 4.90 Å². The Labute approximate surface area is 109 Å². The SMILES string of the molecule is CC(C)CC1NCC(=O)N1C1CCS(=O)(=O)CC1. The summed E-state index contributed by atoms with van der Waals surface area (Å²) < 4.78 is 22.9. The van der Waals surface area contributed by atoms with Crippen LogP contribution < -0.4 is 5.32 Å². The summed E-state index contributed by atoms with van der Waals surface area (Å²) in [4.78, 5) is 13.8. The first-order valence-corrected chi connectivity index (χ1v) is 8.46. The van der Waals surface area contributed by atoms with E-state index in [0.717, 1.165) is 6.42 Å². The minimum atomic E-state index is -2.86. The molecule has 0 aromatic heterocycles. The third-order valence-electron chi connectivity index (χ3n) is 3.72. The third kappa shape index (κ3) is 3.03. The molecule has 1 unspecified atom stereocenters. The second-order valence-electron chi connectivity index (χ2n) is 5.71. The number of amides is 1. The van der Waals surface area contributed by atoms with Crippen LogP contribution in [0.15, 0.2) is 0 Å². The zero-order valence-corrected chi connectivity index (χ0v) is 11.9. The van der Waals surface area contributed by atoms with Gasteiger partial charge in [0.05, 0.1) is 24.2 Å². The van der Waals surface area contributed by atoms with E-state index >= 15 is 0 Å². The zero-order chi connectivity index (χ0) is 13.3. The Kier molecular flexibility index (Phi) is 3.96. The number of hydrogen-bond donors (Lipinski definition) is 1. The van der Waals surface area contributed by atoms with Gasteiger partial charge in [-0.1, -0.05) is 13.8 Å². The average Bonchev–Trinajstić information content (AvgIpc) is 2.60. The fourth-order valence-electron chi connectivity index (χ4n) is 2.83. The molecule has 0 bridgehead atoms. The van der Waals surface area contributed by atoms with Crippen LogP contribution in [0.1, 0.15) is 33.1 Å². The topological polar surface area (TPSA) is 66.5 Å². The van der Waals surface area contributed by atoms with Crippen LogP contribution in [0.5, 0.6) is 0 Å². The van der Waals surface area contributed by atoms with E-state index in [1.165, 1.54) is 0 Å². The summed E-state index contributed by atoms with van der Waals surface area (Å²) in [7, 11) is -2.86. The molecule has 2 heterocycles. The Balaban J connectivity index is 2.03. The molecule has 0 saturated carbocycles. The molecule has 1 N–H and O–H groups in total. The van der Waals surface area contributed by atoms with Gasteiger partial charge in [-0.05, 0) is 25.2 Å². The van der Waals surface area contributed by atoms with Crippen molar-refractivity contribution in [2.24, 2.45) is 5.92 Å². The molecule has 0 aromatic carbocycles. The molecule has 2 saturated heterocycles. The summed E-state index contributed by atoms with van der Waals surface area (Å²) in [6, 6.07) is 0.0970. The van der Waals surface area contributed by atoms with E-state index in [9.17, 15) is 13.2 Å². The van der Waals surface area contributed by atoms with Crippen LogP contribution in [-0.2, 0) is 14.6 Å². The Morgan fingerprint density at radius 1 is 1.33 bits per heavy atom. The molecule has 1 amide bonds. The first-order chi connectivity index (χ1) is 8.39. The van der Waals surface area contributed by atoms with Crippen molar-refractivity contribution in [3.63, 3.8) is 0 Å². The highest BCUT2D eigenvalue weighted by Crippen LogP contribution is 2.24. The predicted molar refractivity (Wildman–Crippen MR) is 69.8 cm³/mol. The monoisotopic (exact) mass is 274 g/mol.